The van der Waals surface area contributed by atoms with Gasteiger partial charge < -0.3 is 5.32 Å². The Kier molecular flexibility index (Phi) is 5.73. The third-order valence-electron chi connectivity index (χ3n) is 2.52. The molecule has 0 aliphatic rings. The number of benzene rings is 1. The van der Waals surface area contributed by atoms with Crippen LogP contribution in [0.2, 0.25) is 5.02 Å². The number of pyridine rings is 1. The zero-order valence-electron chi connectivity index (χ0n) is 10.8. The van der Waals surface area contributed by atoms with Gasteiger partial charge in [0.2, 0.25) is 0 Å². The van der Waals surface area contributed by atoms with Gasteiger partial charge in [0, 0.05) is 35.6 Å². The number of aromatic nitrogens is 1. The quantitative estimate of drug-likeness (QED) is 0.450. The van der Waals surface area contributed by atoms with Crippen LogP contribution in [-0.2, 0) is 6.42 Å². The standard InChI is InChI=1S/C14H15ClN4S/c15-11-4-3-6-13(10-11)18-14(20)19-17-9-7-12-5-1-2-8-16-12/h1-6,8,10,17H,7,9H2,(H2,18,19,20). The molecule has 0 radical (unpaired) electrons. The van der Waals surface area contributed by atoms with Gasteiger partial charge in [0.05, 0.1) is 0 Å². The number of anilines is 1. The van der Waals surface area contributed by atoms with Gasteiger partial charge in [0.15, 0.2) is 5.11 Å². The maximum Gasteiger partial charge on any atom is 0.185 e. The van der Waals surface area contributed by atoms with Crippen LogP contribution in [0.3, 0.4) is 0 Å². The summed E-state index contributed by atoms with van der Waals surface area (Å²) in [6.45, 7) is 0.731. The molecule has 0 unspecified atom stereocenters. The van der Waals surface area contributed by atoms with Crippen LogP contribution in [0.1, 0.15) is 5.69 Å². The lowest BCUT2D eigenvalue weighted by atomic mass is 10.3. The number of rotatable bonds is 5. The fourth-order valence-electron chi connectivity index (χ4n) is 1.61. The first kappa shape index (κ1) is 14.7. The molecule has 2 aromatic rings. The number of halogens is 1. The Morgan fingerprint density at radius 1 is 1.20 bits per heavy atom. The molecule has 1 aromatic carbocycles. The van der Waals surface area contributed by atoms with Crippen LogP contribution in [0.5, 0.6) is 0 Å². The van der Waals surface area contributed by atoms with Gasteiger partial charge in [-0.25, -0.2) is 5.43 Å². The van der Waals surface area contributed by atoms with Crippen LogP contribution in [0, 0.1) is 0 Å². The Hall–Kier alpha value is -1.69. The first-order chi connectivity index (χ1) is 9.74. The van der Waals surface area contributed by atoms with Crippen LogP contribution in [0.15, 0.2) is 48.7 Å². The summed E-state index contributed by atoms with van der Waals surface area (Å²) >= 11 is 11.1. The summed E-state index contributed by atoms with van der Waals surface area (Å²) in [5.41, 5.74) is 7.85. The molecule has 2 rings (SSSR count). The predicted octanol–water partition coefficient (Wildman–Crippen LogP) is 2.77. The van der Waals surface area contributed by atoms with Crippen LogP contribution in [0.4, 0.5) is 5.69 Å². The summed E-state index contributed by atoms with van der Waals surface area (Å²) < 4.78 is 0. The van der Waals surface area contributed by atoms with Crippen LogP contribution < -0.4 is 16.2 Å². The third-order valence-corrected chi connectivity index (χ3v) is 2.96. The third kappa shape index (κ3) is 5.13. The Labute approximate surface area is 128 Å². The van der Waals surface area contributed by atoms with E-state index in [0.29, 0.717) is 10.1 Å². The molecular weight excluding hydrogens is 292 g/mol. The molecule has 0 saturated heterocycles. The van der Waals surface area contributed by atoms with E-state index in [1.807, 2.05) is 42.5 Å². The van der Waals surface area contributed by atoms with Crippen molar-refractivity contribution in [3.8, 4) is 0 Å². The highest BCUT2D eigenvalue weighted by Gasteiger charge is 1.98. The van der Waals surface area contributed by atoms with Gasteiger partial charge >= 0.3 is 0 Å². The molecule has 0 atom stereocenters. The van der Waals surface area contributed by atoms with Crippen molar-refractivity contribution >= 4 is 34.6 Å². The van der Waals surface area contributed by atoms with E-state index in [2.05, 4.69) is 21.2 Å². The van der Waals surface area contributed by atoms with Crippen molar-refractivity contribution < 1.29 is 0 Å². The second kappa shape index (κ2) is 7.79. The molecule has 4 nitrogen and oxygen atoms in total. The minimum Gasteiger partial charge on any atom is -0.332 e. The molecule has 0 fully saturated rings. The summed E-state index contributed by atoms with van der Waals surface area (Å²) in [4.78, 5) is 4.24. The van der Waals surface area contributed by atoms with Gasteiger partial charge in [-0.15, -0.1) is 0 Å². The summed E-state index contributed by atoms with van der Waals surface area (Å²) in [5, 5.41) is 4.20. The van der Waals surface area contributed by atoms with Gasteiger partial charge in [-0.05, 0) is 42.5 Å². The first-order valence-corrected chi connectivity index (χ1v) is 6.98. The van der Waals surface area contributed by atoms with Gasteiger partial charge in [0.1, 0.15) is 0 Å². The summed E-state index contributed by atoms with van der Waals surface area (Å²) in [6.07, 6.45) is 2.61. The van der Waals surface area contributed by atoms with Crippen LogP contribution >= 0.6 is 23.8 Å². The molecule has 1 heterocycles. The van der Waals surface area contributed by atoms with Crippen molar-refractivity contribution in [2.45, 2.75) is 6.42 Å². The van der Waals surface area contributed by atoms with E-state index in [-0.39, 0.29) is 0 Å². The Balaban J connectivity index is 1.68. The highest BCUT2D eigenvalue weighted by Crippen LogP contribution is 2.14. The molecule has 0 saturated carbocycles. The molecule has 104 valence electrons. The second-order valence-corrected chi connectivity index (χ2v) is 4.93. The number of hydrazine groups is 1. The van der Waals surface area contributed by atoms with Gasteiger partial charge in [0.25, 0.3) is 0 Å². The van der Waals surface area contributed by atoms with Crippen LogP contribution in [0.25, 0.3) is 0 Å². The molecular formula is C14H15ClN4S. The molecule has 0 aliphatic heterocycles. The number of nitrogens with one attached hydrogen (secondary N) is 3. The lowest BCUT2D eigenvalue weighted by Crippen LogP contribution is -2.41. The maximum absolute atomic E-state index is 5.90. The summed E-state index contributed by atoms with van der Waals surface area (Å²) in [7, 11) is 0. The monoisotopic (exact) mass is 306 g/mol. The zero-order valence-corrected chi connectivity index (χ0v) is 12.3. The normalized spacial score (nSPS) is 10.1. The van der Waals surface area contributed by atoms with Crippen molar-refractivity contribution in [3.63, 3.8) is 0 Å². The fraction of sp³-hybridized carbons (Fsp3) is 0.143. The molecule has 0 spiro atoms. The van der Waals surface area contributed by atoms with E-state index >= 15 is 0 Å². The highest BCUT2D eigenvalue weighted by atomic mass is 35.5. The number of hydrogen-bond acceptors (Lipinski definition) is 3. The first-order valence-electron chi connectivity index (χ1n) is 6.19. The van der Waals surface area contributed by atoms with E-state index in [1.165, 1.54) is 0 Å². The highest BCUT2D eigenvalue weighted by molar-refractivity contribution is 7.80. The van der Waals surface area contributed by atoms with Crippen molar-refractivity contribution in [3.05, 3.63) is 59.4 Å². The number of nitrogens with zero attached hydrogens (tertiary/aromatic N) is 1. The Morgan fingerprint density at radius 3 is 2.85 bits per heavy atom. The summed E-state index contributed by atoms with van der Waals surface area (Å²) in [6, 6.07) is 13.2. The molecule has 6 heteroatoms. The van der Waals surface area contributed by atoms with Crippen molar-refractivity contribution in [1.29, 1.82) is 0 Å². The smallest absolute Gasteiger partial charge is 0.185 e. The largest absolute Gasteiger partial charge is 0.332 e. The topological polar surface area (TPSA) is 49.0 Å². The van der Waals surface area contributed by atoms with E-state index in [0.717, 1.165) is 24.3 Å². The summed E-state index contributed by atoms with van der Waals surface area (Å²) in [5.74, 6) is 0. The fourth-order valence-corrected chi connectivity index (χ4v) is 1.99. The van der Waals surface area contributed by atoms with E-state index in [9.17, 15) is 0 Å². The number of thiocarbonyl (C=S) groups is 1. The van der Waals surface area contributed by atoms with E-state index in [1.54, 1.807) is 6.20 Å². The van der Waals surface area contributed by atoms with Crippen molar-refractivity contribution in [2.24, 2.45) is 0 Å². The zero-order chi connectivity index (χ0) is 14.2. The average Bonchev–Trinajstić information content (AvgIpc) is 2.45. The Bertz CT molecular complexity index is 562. The molecule has 3 N–H and O–H groups in total. The van der Waals surface area contributed by atoms with Crippen molar-refractivity contribution in [1.82, 2.24) is 15.8 Å². The lowest BCUT2D eigenvalue weighted by Gasteiger charge is -2.11. The molecule has 0 aliphatic carbocycles. The van der Waals surface area contributed by atoms with Crippen LogP contribution in [-0.4, -0.2) is 16.6 Å². The minimum absolute atomic E-state index is 0.494. The van der Waals surface area contributed by atoms with E-state index < -0.39 is 0 Å². The molecule has 1 aromatic heterocycles. The predicted molar refractivity (Wildman–Crippen MR) is 86.8 cm³/mol. The second-order valence-electron chi connectivity index (χ2n) is 4.09. The van der Waals surface area contributed by atoms with E-state index in [4.69, 9.17) is 23.8 Å². The average molecular weight is 307 g/mol. The van der Waals surface area contributed by atoms with Crippen molar-refractivity contribution in [2.75, 3.05) is 11.9 Å². The number of hydrogen-bond donors (Lipinski definition) is 3. The molecule has 0 amide bonds. The van der Waals surface area contributed by atoms with Gasteiger partial charge in [-0.2, -0.15) is 0 Å². The SMILES string of the molecule is S=C(NNCCc1ccccn1)Nc1cccc(Cl)c1. The minimum atomic E-state index is 0.494. The maximum atomic E-state index is 5.90. The van der Waals surface area contributed by atoms with Gasteiger partial charge in [-0.3, -0.25) is 10.4 Å². The lowest BCUT2D eigenvalue weighted by molar-refractivity contribution is 0.649. The van der Waals surface area contributed by atoms with Gasteiger partial charge in [-0.1, -0.05) is 23.7 Å². The Morgan fingerprint density at radius 2 is 2.10 bits per heavy atom. The molecule has 0 bridgehead atoms. The molecule has 20 heavy (non-hydrogen) atoms.